The summed E-state index contributed by atoms with van der Waals surface area (Å²) in [6, 6.07) is 4.55. The van der Waals surface area contributed by atoms with Crippen molar-refractivity contribution in [2.45, 2.75) is 66.6 Å². The summed E-state index contributed by atoms with van der Waals surface area (Å²) in [4.78, 5) is 25.4. The van der Waals surface area contributed by atoms with Gasteiger partial charge in [-0.25, -0.2) is 17.2 Å². The maximum atomic E-state index is 15.6. The van der Waals surface area contributed by atoms with Gasteiger partial charge in [0.1, 0.15) is 16.4 Å². The molecule has 1 heterocycles. The summed E-state index contributed by atoms with van der Waals surface area (Å²) >= 11 is 0. The van der Waals surface area contributed by atoms with Gasteiger partial charge in [0.15, 0.2) is 9.84 Å². The molecule has 1 saturated carbocycles. The number of hydrogen-bond acceptors (Lipinski definition) is 5. The number of halogens is 8. The normalized spacial score (nSPS) is 23.3. The zero-order chi connectivity index (χ0) is 33.6. The highest BCUT2D eigenvalue weighted by molar-refractivity contribution is 7.92. The van der Waals surface area contributed by atoms with Crippen LogP contribution in [0.4, 0.5) is 35.1 Å². The molecule has 7 nitrogen and oxygen atoms in total. The van der Waals surface area contributed by atoms with E-state index in [2.05, 4.69) is 4.74 Å². The van der Waals surface area contributed by atoms with E-state index in [0.29, 0.717) is 6.07 Å². The lowest BCUT2D eigenvalue weighted by atomic mass is 9.81. The third-order valence-corrected chi connectivity index (χ3v) is 11.1. The highest BCUT2D eigenvalue weighted by atomic mass is 32.2. The molecule has 0 aromatic heterocycles. The molecule has 1 atom stereocenters. The number of carbonyl (C=O) groups is 2. The molecule has 1 aliphatic carbocycles. The van der Waals surface area contributed by atoms with Crippen LogP contribution in [-0.4, -0.2) is 62.3 Å². The van der Waals surface area contributed by atoms with Crippen LogP contribution in [0.1, 0.15) is 50.2 Å². The standard InChI is InChI=1S/C29H29F8NO6S/c1-2-44-27(28(32,33)34,29(35,36)37)22-12-7-19(15-23(22)31)26(45(42,43)21-10-8-20(30)9-11-21)13-14-38(16-26)24(39)17-3-5-18(6-4-17)25(40)41/h7-12,15,17-18H,2-6,13-14,16H2,1H3,(H,40,41). The molecule has 2 aromatic rings. The Morgan fingerprint density at radius 2 is 1.49 bits per heavy atom. The van der Waals surface area contributed by atoms with Crippen LogP contribution in [0.2, 0.25) is 0 Å². The van der Waals surface area contributed by atoms with E-state index < -0.39 is 103 Å². The van der Waals surface area contributed by atoms with Crippen molar-refractivity contribution in [3.05, 3.63) is 65.2 Å². The van der Waals surface area contributed by atoms with E-state index in [0.717, 1.165) is 36.1 Å². The first kappa shape index (κ1) is 34.6. The van der Waals surface area contributed by atoms with Gasteiger partial charge in [-0.2, -0.15) is 26.3 Å². The van der Waals surface area contributed by atoms with Crippen molar-refractivity contribution in [1.82, 2.24) is 4.90 Å². The van der Waals surface area contributed by atoms with Crippen LogP contribution < -0.4 is 0 Å². The summed E-state index contributed by atoms with van der Waals surface area (Å²) in [7, 11) is -4.70. The van der Waals surface area contributed by atoms with E-state index in [4.69, 9.17) is 0 Å². The lowest BCUT2D eigenvalue weighted by molar-refractivity contribution is -0.389. The Labute approximate surface area is 253 Å². The van der Waals surface area contributed by atoms with E-state index >= 15 is 4.39 Å². The highest BCUT2D eigenvalue weighted by Gasteiger charge is 2.74. The third kappa shape index (κ3) is 5.90. The molecule has 1 saturated heterocycles. The lowest BCUT2D eigenvalue weighted by Gasteiger charge is -2.38. The van der Waals surface area contributed by atoms with Crippen molar-refractivity contribution in [3.8, 4) is 0 Å². The second-order valence-corrected chi connectivity index (χ2v) is 13.4. The number of hydrogen-bond donors (Lipinski definition) is 1. The monoisotopic (exact) mass is 671 g/mol. The van der Waals surface area contributed by atoms with E-state index in [1.165, 1.54) is 0 Å². The third-order valence-electron chi connectivity index (χ3n) is 8.64. The maximum absolute atomic E-state index is 15.6. The van der Waals surface area contributed by atoms with Crippen molar-refractivity contribution in [2.24, 2.45) is 11.8 Å². The van der Waals surface area contributed by atoms with Gasteiger partial charge in [-0.05, 0) is 74.9 Å². The van der Waals surface area contributed by atoms with Crippen LogP contribution >= 0.6 is 0 Å². The van der Waals surface area contributed by atoms with E-state index in [1.54, 1.807) is 0 Å². The minimum atomic E-state index is -6.17. The SMILES string of the molecule is CCOC(c1ccc(C2(S(=O)(=O)c3ccc(F)cc3)CCN(C(=O)C3CCC(C(=O)O)CC3)C2)cc1F)(C(F)(F)F)C(F)(F)F. The predicted octanol–water partition coefficient (Wildman–Crippen LogP) is 6.11. The Balaban J connectivity index is 1.82. The number of benzene rings is 2. The summed E-state index contributed by atoms with van der Waals surface area (Å²) in [6.07, 6.45) is -12.0. The molecule has 4 rings (SSSR count). The van der Waals surface area contributed by atoms with Crippen LogP contribution in [-0.2, 0) is 34.5 Å². The van der Waals surface area contributed by atoms with Gasteiger partial charge in [0.2, 0.25) is 5.91 Å². The Hall–Kier alpha value is -3.27. The molecule has 0 radical (unpaired) electrons. The number of likely N-dealkylation sites (tertiary alicyclic amines) is 1. The molecule has 45 heavy (non-hydrogen) atoms. The fraction of sp³-hybridized carbons (Fsp3) is 0.517. The second-order valence-electron chi connectivity index (χ2n) is 11.2. The maximum Gasteiger partial charge on any atom is 0.430 e. The molecular formula is C29H29F8NO6S. The van der Waals surface area contributed by atoms with Crippen LogP contribution in [0.15, 0.2) is 47.4 Å². The Bertz CT molecular complexity index is 1520. The molecule has 0 bridgehead atoms. The number of nitrogens with zero attached hydrogens (tertiary/aromatic N) is 1. The molecule has 1 amide bonds. The number of rotatable bonds is 8. The van der Waals surface area contributed by atoms with Crippen molar-refractivity contribution >= 4 is 21.7 Å². The smallest absolute Gasteiger partial charge is 0.430 e. The van der Waals surface area contributed by atoms with Gasteiger partial charge in [0, 0.05) is 31.2 Å². The molecule has 2 aliphatic rings. The van der Waals surface area contributed by atoms with Crippen molar-refractivity contribution < 1.29 is 63.0 Å². The largest absolute Gasteiger partial charge is 0.481 e. The predicted molar refractivity (Wildman–Crippen MR) is 141 cm³/mol. The number of amides is 1. The van der Waals surface area contributed by atoms with Crippen LogP contribution in [0.3, 0.4) is 0 Å². The quantitative estimate of drug-likeness (QED) is 0.269. The number of carboxylic acid groups (broad SMARTS) is 1. The molecule has 2 aromatic carbocycles. The van der Waals surface area contributed by atoms with Crippen molar-refractivity contribution in [1.29, 1.82) is 0 Å². The van der Waals surface area contributed by atoms with Gasteiger partial charge in [0.25, 0.3) is 5.60 Å². The Kier molecular flexibility index (Phi) is 9.35. The molecule has 0 spiro atoms. The molecule has 1 N–H and O–H groups in total. The van der Waals surface area contributed by atoms with Crippen LogP contribution in [0, 0.1) is 23.5 Å². The summed E-state index contributed by atoms with van der Waals surface area (Å²) in [5.74, 6) is -5.68. The first-order chi connectivity index (χ1) is 20.8. The van der Waals surface area contributed by atoms with Crippen molar-refractivity contribution in [3.63, 3.8) is 0 Å². The number of carboxylic acids is 1. The molecule has 2 fully saturated rings. The van der Waals surface area contributed by atoms with Gasteiger partial charge < -0.3 is 14.7 Å². The second kappa shape index (κ2) is 12.2. The van der Waals surface area contributed by atoms with Gasteiger partial charge in [-0.3, -0.25) is 9.59 Å². The fourth-order valence-corrected chi connectivity index (χ4v) is 8.34. The minimum absolute atomic E-state index is 0.181. The summed E-state index contributed by atoms with van der Waals surface area (Å²) in [5.41, 5.74) is -7.51. The number of carbonyl (C=O) groups excluding carboxylic acids is 1. The van der Waals surface area contributed by atoms with Gasteiger partial charge in [0.05, 0.1) is 10.8 Å². The van der Waals surface area contributed by atoms with E-state index in [1.807, 2.05) is 0 Å². The average Bonchev–Trinajstić information content (AvgIpc) is 3.42. The minimum Gasteiger partial charge on any atom is -0.481 e. The topological polar surface area (TPSA) is 101 Å². The summed E-state index contributed by atoms with van der Waals surface area (Å²) in [6.45, 7) is -1.11. The Morgan fingerprint density at radius 1 is 0.933 bits per heavy atom. The molecule has 248 valence electrons. The average molecular weight is 672 g/mol. The van der Waals surface area contributed by atoms with Crippen LogP contribution in [0.5, 0.6) is 0 Å². The van der Waals surface area contributed by atoms with Crippen LogP contribution in [0.25, 0.3) is 0 Å². The number of ether oxygens (including phenoxy) is 1. The zero-order valence-corrected chi connectivity index (χ0v) is 24.5. The highest BCUT2D eigenvalue weighted by Crippen LogP contribution is 2.54. The first-order valence-corrected chi connectivity index (χ1v) is 15.4. The summed E-state index contributed by atoms with van der Waals surface area (Å²) < 4.78 is 143. The first-order valence-electron chi connectivity index (χ1n) is 13.9. The molecule has 1 aliphatic heterocycles. The molecular weight excluding hydrogens is 642 g/mol. The fourth-order valence-electron chi connectivity index (χ4n) is 6.27. The van der Waals surface area contributed by atoms with E-state index in [-0.39, 0.29) is 44.4 Å². The van der Waals surface area contributed by atoms with Gasteiger partial charge >= 0.3 is 18.3 Å². The van der Waals surface area contributed by atoms with Crippen molar-refractivity contribution in [2.75, 3.05) is 19.7 Å². The number of alkyl halides is 6. The zero-order valence-electron chi connectivity index (χ0n) is 23.7. The number of sulfone groups is 1. The molecule has 1 unspecified atom stereocenters. The Morgan fingerprint density at radius 3 is 1.98 bits per heavy atom. The lowest BCUT2D eigenvalue weighted by Crippen LogP contribution is -2.56. The van der Waals surface area contributed by atoms with Gasteiger partial charge in [-0.15, -0.1) is 0 Å². The summed E-state index contributed by atoms with van der Waals surface area (Å²) in [5, 5.41) is 9.25. The van der Waals surface area contributed by atoms with E-state index in [9.17, 15) is 53.8 Å². The number of aliphatic carboxylic acids is 1. The molecule has 16 heteroatoms. The van der Waals surface area contributed by atoms with Gasteiger partial charge in [-0.1, -0.05) is 12.1 Å².